The summed E-state index contributed by atoms with van der Waals surface area (Å²) < 4.78 is 0. The van der Waals surface area contributed by atoms with E-state index in [-0.39, 0.29) is 18.8 Å². The number of carbonyl (C=O) groups excluding carboxylic acids is 3. The number of aromatic amines is 1. The highest BCUT2D eigenvalue weighted by molar-refractivity contribution is 5.94. The van der Waals surface area contributed by atoms with Gasteiger partial charge in [0.15, 0.2) is 0 Å². The van der Waals surface area contributed by atoms with Crippen molar-refractivity contribution >= 4 is 34.6 Å². The monoisotopic (exact) mass is 502 g/mol. The van der Waals surface area contributed by atoms with Gasteiger partial charge in [0.1, 0.15) is 18.1 Å². The number of aliphatic carboxylic acids is 1. The van der Waals surface area contributed by atoms with Crippen molar-refractivity contribution in [3.63, 3.8) is 0 Å². The number of fused-ring (bicyclic) bond motifs is 1. The molecule has 11 nitrogen and oxygen atoms in total. The van der Waals surface area contributed by atoms with E-state index in [1.807, 2.05) is 24.3 Å². The number of para-hydroxylation sites is 1. The predicted molar refractivity (Wildman–Crippen MR) is 137 cm³/mol. The number of carbonyl (C=O) groups is 4. The number of nitrogens with two attached hydrogens (primary N) is 2. The van der Waals surface area contributed by atoms with Crippen molar-refractivity contribution in [1.82, 2.24) is 20.9 Å². The second-order valence-electron chi connectivity index (χ2n) is 9.31. The first-order valence-electron chi connectivity index (χ1n) is 12.2. The average molecular weight is 503 g/mol. The highest BCUT2D eigenvalue weighted by Gasteiger charge is 2.30. The minimum absolute atomic E-state index is 0.278. The number of nitrogens with one attached hydrogen (secondary N) is 4. The molecule has 0 bridgehead atoms. The van der Waals surface area contributed by atoms with Crippen molar-refractivity contribution in [3.05, 3.63) is 36.0 Å². The molecule has 0 radical (unpaired) electrons. The van der Waals surface area contributed by atoms with Crippen molar-refractivity contribution in [2.45, 2.75) is 70.6 Å². The van der Waals surface area contributed by atoms with Crippen LogP contribution in [0.5, 0.6) is 0 Å². The van der Waals surface area contributed by atoms with E-state index in [0.717, 1.165) is 16.5 Å². The van der Waals surface area contributed by atoms with Crippen LogP contribution in [0, 0.1) is 5.92 Å². The zero-order valence-electron chi connectivity index (χ0n) is 21.0. The molecule has 3 amide bonds. The van der Waals surface area contributed by atoms with Gasteiger partial charge >= 0.3 is 5.97 Å². The minimum Gasteiger partial charge on any atom is -0.480 e. The van der Waals surface area contributed by atoms with Gasteiger partial charge < -0.3 is 37.5 Å². The molecule has 0 aliphatic heterocycles. The van der Waals surface area contributed by atoms with Crippen molar-refractivity contribution in [2.75, 3.05) is 6.54 Å². The topological polar surface area (TPSA) is 192 Å². The molecule has 2 rings (SSSR count). The summed E-state index contributed by atoms with van der Waals surface area (Å²) in [7, 11) is 0. The number of carboxylic acid groups (broad SMARTS) is 1. The summed E-state index contributed by atoms with van der Waals surface area (Å²) in [6.45, 7) is 5.28. The van der Waals surface area contributed by atoms with Crippen LogP contribution in [0.4, 0.5) is 0 Å². The van der Waals surface area contributed by atoms with Crippen LogP contribution in [0.25, 0.3) is 10.9 Å². The van der Waals surface area contributed by atoms with E-state index >= 15 is 0 Å². The Balaban J connectivity index is 1.99. The van der Waals surface area contributed by atoms with Crippen LogP contribution in [-0.2, 0) is 25.6 Å². The van der Waals surface area contributed by atoms with Gasteiger partial charge in [-0.15, -0.1) is 0 Å². The highest BCUT2D eigenvalue weighted by Crippen LogP contribution is 2.18. The van der Waals surface area contributed by atoms with Crippen molar-refractivity contribution in [2.24, 2.45) is 17.4 Å². The number of unbranched alkanes of at least 4 members (excludes halogenated alkanes) is 1. The molecule has 0 aliphatic rings. The summed E-state index contributed by atoms with van der Waals surface area (Å²) >= 11 is 0. The fraction of sp³-hybridized carbons (Fsp3) is 0.520. The third-order valence-corrected chi connectivity index (χ3v) is 6.01. The normalized spacial score (nSPS) is 14.6. The lowest BCUT2D eigenvalue weighted by molar-refractivity contribution is -0.143. The molecule has 2 aromatic rings. The van der Waals surface area contributed by atoms with Crippen LogP contribution in [0.2, 0.25) is 0 Å². The van der Waals surface area contributed by atoms with Gasteiger partial charge in [0.05, 0.1) is 6.04 Å². The Morgan fingerprint density at radius 3 is 2.31 bits per heavy atom. The van der Waals surface area contributed by atoms with E-state index in [1.54, 1.807) is 20.0 Å². The van der Waals surface area contributed by atoms with Gasteiger partial charge in [0.2, 0.25) is 17.7 Å². The van der Waals surface area contributed by atoms with Gasteiger partial charge in [-0.25, -0.2) is 4.79 Å². The van der Waals surface area contributed by atoms with Crippen LogP contribution < -0.4 is 27.4 Å². The molecular weight excluding hydrogens is 464 g/mol. The van der Waals surface area contributed by atoms with Crippen molar-refractivity contribution in [1.29, 1.82) is 0 Å². The van der Waals surface area contributed by atoms with Crippen LogP contribution >= 0.6 is 0 Å². The van der Waals surface area contributed by atoms with E-state index in [0.29, 0.717) is 19.4 Å². The summed E-state index contributed by atoms with van der Waals surface area (Å²) in [6.07, 6.45) is 3.56. The molecule has 11 heteroatoms. The van der Waals surface area contributed by atoms with Crippen LogP contribution in [0.3, 0.4) is 0 Å². The fourth-order valence-electron chi connectivity index (χ4n) is 3.84. The first-order chi connectivity index (χ1) is 17.0. The number of benzene rings is 1. The second kappa shape index (κ2) is 13.6. The lowest BCUT2D eigenvalue weighted by Crippen LogP contribution is -2.57. The standard InChI is InChI=1S/C25H38N6O5/c1-14(2)21(25(35)36)31-24(34)20(10-6-7-11-26)30-22(32)15(3)29-23(33)18(27)12-16-13-28-19-9-5-4-8-17(16)19/h4-5,8-9,13-15,18,20-21,28H,6-7,10-12,26-27H2,1-3H3,(H,29,33)(H,30,32)(H,31,34)(H,35,36). The predicted octanol–water partition coefficient (Wildman–Crippen LogP) is 0.382. The smallest absolute Gasteiger partial charge is 0.326 e. The largest absolute Gasteiger partial charge is 0.480 e. The Labute approximate surface area is 210 Å². The lowest BCUT2D eigenvalue weighted by atomic mass is 10.0. The molecule has 9 N–H and O–H groups in total. The van der Waals surface area contributed by atoms with Crippen molar-refractivity contribution < 1.29 is 24.3 Å². The fourth-order valence-corrected chi connectivity index (χ4v) is 3.84. The van der Waals surface area contributed by atoms with Crippen LogP contribution in [-0.4, -0.2) is 64.5 Å². The van der Waals surface area contributed by atoms with Gasteiger partial charge in [-0.2, -0.15) is 0 Å². The zero-order chi connectivity index (χ0) is 26.8. The average Bonchev–Trinajstić information content (AvgIpc) is 3.23. The number of rotatable bonds is 14. The quantitative estimate of drug-likeness (QED) is 0.181. The van der Waals surface area contributed by atoms with Gasteiger partial charge in [0, 0.05) is 17.1 Å². The molecule has 4 unspecified atom stereocenters. The Kier molecular flexibility index (Phi) is 10.9. The Morgan fingerprint density at radius 1 is 0.972 bits per heavy atom. The number of carboxylic acids is 1. The zero-order valence-corrected chi connectivity index (χ0v) is 21.0. The lowest BCUT2D eigenvalue weighted by Gasteiger charge is -2.25. The van der Waals surface area contributed by atoms with Gasteiger partial charge in [0.25, 0.3) is 0 Å². The molecule has 36 heavy (non-hydrogen) atoms. The first-order valence-corrected chi connectivity index (χ1v) is 12.2. The molecule has 1 aromatic heterocycles. The molecule has 0 fully saturated rings. The van der Waals surface area contributed by atoms with E-state index < -0.39 is 47.9 Å². The third kappa shape index (κ3) is 8.06. The second-order valence-corrected chi connectivity index (χ2v) is 9.31. The van der Waals surface area contributed by atoms with E-state index in [4.69, 9.17) is 11.5 Å². The molecule has 0 spiro atoms. The van der Waals surface area contributed by atoms with E-state index in [9.17, 15) is 24.3 Å². The molecule has 1 heterocycles. The van der Waals surface area contributed by atoms with Crippen LogP contribution in [0.15, 0.2) is 30.5 Å². The maximum Gasteiger partial charge on any atom is 0.326 e. The number of hydrogen-bond acceptors (Lipinski definition) is 6. The molecule has 0 saturated heterocycles. The number of hydrogen-bond donors (Lipinski definition) is 7. The molecule has 4 atom stereocenters. The summed E-state index contributed by atoms with van der Waals surface area (Å²) in [5, 5.41) is 18.1. The van der Waals surface area contributed by atoms with Gasteiger partial charge in [-0.1, -0.05) is 32.0 Å². The highest BCUT2D eigenvalue weighted by atomic mass is 16.4. The van der Waals surface area contributed by atoms with Crippen molar-refractivity contribution in [3.8, 4) is 0 Å². The Hall–Kier alpha value is -3.44. The minimum atomic E-state index is -1.16. The van der Waals surface area contributed by atoms with E-state index in [1.165, 1.54) is 6.92 Å². The summed E-state index contributed by atoms with van der Waals surface area (Å²) in [5.74, 6) is -3.18. The maximum atomic E-state index is 12.8. The third-order valence-electron chi connectivity index (χ3n) is 6.01. The summed E-state index contributed by atoms with van der Waals surface area (Å²) in [6, 6.07) is 3.77. The Morgan fingerprint density at radius 2 is 1.67 bits per heavy atom. The Bertz CT molecular complexity index is 1050. The molecule has 1 aromatic carbocycles. The molecular formula is C25H38N6O5. The molecule has 0 aliphatic carbocycles. The molecule has 198 valence electrons. The van der Waals surface area contributed by atoms with E-state index in [2.05, 4.69) is 20.9 Å². The summed E-state index contributed by atoms with van der Waals surface area (Å²) in [4.78, 5) is 52.9. The van der Waals surface area contributed by atoms with Gasteiger partial charge in [-0.3, -0.25) is 14.4 Å². The van der Waals surface area contributed by atoms with Crippen LogP contribution in [0.1, 0.15) is 45.6 Å². The first kappa shape index (κ1) is 28.8. The number of H-pyrrole nitrogens is 1. The number of aromatic nitrogens is 1. The molecule has 0 saturated carbocycles. The van der Waals surface area contributed by atoms with Gasteiger partial charge in [-0.05, 0) is 56.7 Å². The summed E-state index contributed by atoms with van der Waals surface area (Å²) in [5.41, 5.74) is 13.5. The SMILES string of the molecule is CC(NC(=O)C(N)Cc1c[nH]c2ccccc12)C(=O)NC(CCCCN)C(=O)NC(C(=O)O)C(C)C. The maximum absolute atomic E-state index is 12.8. The number of amides is 3.